The van der Waals surface area contributed by atoms with Crippen LogP contribution in [0.5, 0.6) is 0 Å². The van der Waals surface area contributed by atoms with Gasteiger partial charge in [-0.1, -0.05) is 18.9 Å². The molecule has 2 heteroatoms. The van der Waals surface area contributed by atoms with Crippen molar-refractivity contribution in [3.8, 4) is 0 Å². The van der Waals surface area contributed by atoms with Gasteiger partial charge in [0.1, 0.15) is 5.76 Å². The quantitative estimate of drug-likeness (QED) is 0.701. The molecular formula is C14H18O2. The number of ketones is 1. The summed E-state index contributed by atoms with van der Waals surface area (Å²) in [6, 6.07) is 1.78. The van der Waals surface area contributed by atoms with Crippen LogP contribution in [0, 0.1) is 6.92 Å². The van der Waals surface area contributed by atoms with Crippen LogP contribution in [0.4, 0.5) is 0 Å². The second-order valence-electron chi connectivity index (χ2n) is 4.40. The lowest BCUT2D eigenvalue weighted by molar-refractivity contribution is 0.102. The van der Waals surface area contributed by atoms with Crippen LogP contribution in [0.2, 0.25) is 0 Å². The molecule has 0 N–H and O–H groups in total. The Morgan fingerprint density at radius 1 is 1.25 bits per heavy atom. The minimum Gasteiger partial charge on any atom is -0.469 e. The van der Waals surface area contributed by atoms with Crippen LogP contribution in [-0.4, -0.2) is 5.78 Å². The molecule has 0 amide bonds. The van der Waals surface area contributed by atoms with Crippen LogP contribution >= 0.6 is 0 Å². The van der Waals surface area contributed by atoms with Crippen molar-refractivity contribution >= 4 is 5.78 Å². The van der Waals surface area contributed by atoms with Crippen LogP contribution in [0.15, 0.2) is 28.4 Å². The predicted molar refractivity (Wildman–Crippen MR) is 63.6 cm³/mol. The minimum atomic E-state index is 0.160. The number of carbonyl (C=O) groups excluding carboxylic acids is 1. The van der Waals surface area contributed by atoms with Crippen molar-refractivity contribution in [2.45, 2.75) is 45.4 Å². The largest absolute Gasteiger partial charge is 0.469 e. The molecule has 0 saturated heterocycles. The van der Waals surface area contributed by atoms with E-state index in [4.69, 9.17) is 4.42 Å². The molecule has 1 aromatic heterocycles. The molecule has 0 bridgehead atoms. The predicted octanol–water partition coefficient (Wildman–Crippen LogP) is 4.05. The molecule has 1 heterocycles. The first-order valence-corrected chi connectivity index (χ1v) is 6.07. The standard InChI is InChI=1S/C14H18O2/c1-11-13(9-10-16-11)14(15)12-7-5-3-2-4-6-8-12/h7,9-10H,2-6,8H2,1H3/b12-7+. The number of carbonyl (C=O) groups is 1. The molecule has 1 aliphatic carbocycles. The molecule has 0 spiro atoms. The summed E-state index contributed by atoms with van der Waals surface area (Å²) < 4.78 is 5.18. The van der Waals surface area contributed by atoms with Gasteiger partial charge in [-0.2, -0.15) is 0 Å². The second-order valence-corrected chi connectivity index (χ2v) is 4.40. The number of aryl methyl sites for hydroxylation is 1. The monoisotopic (exact) mass is 218 g/mol. The van der Waals surface area contributed by atoms with Gasteiger partial charge in [0.25, 0.3) is 0 Å². The highest BCUT2D eigenvalue weighted by atomic mass is 16.3. The van der Waals surface area contributed by atoms with Crippen molar-refractivity contribution in [2.24, 2.45) is 0 Å². The van der Waals surface area contributed by atoms with Crippen molar-refractivity contribution in [1.82, 2.24) is 0 Å². The lowest BCUT2D eigenvalue weighted by atomic mass is 9.94. The Bertz CT molecular complexity index is 399. The normalized spacial score (nSPS) is 20.7. The topological polar surface area (TPSA) is 30.2 Å². The van der Waals surface area contributed by atoms with E-state index in [9.17, 15) is 4.79 Å². The maximum atomic E-state index is 12.2. The lowest BCUT2D eigenvalue weighted by Crippen LogP contribution is -2.05. The first-order valence-electron chi connectivity index (χ1n) is 6.07. The van der Waals surface area contributed by atoms with Gasteiger partial charge in [0.15, 0.2) is 5.78 Å². The van der Waals surface area contributed by atoms with Gasteiger partial charge in [0.05, 0.1) is 11.8 Å². The van der Waals surface area contributed by atoms with E-state index >= 15 is 0 Å². The Morgan fingerprint density at radius 3 is 2.81 bits per heavy atom. The summed E-state index contributed by atoms with van der Waals surface area (Å²) >= 11 is 0. The number of hydrogen-bond donors (Lipinski definition) is 0. The first-order chi connectivity index (χ1) is 7.79. The highest BCUT2D eigenvalue weighted by Crippen LogP contribution is 2.22. The van der Waals surface area contributed by atoms with Gasteiger partial charge in [-0.3, -0.25) is 4.79 Å². The van der Waals surface area contributed by atoms with Crippen LogP contribution in [-0.2, 0) is 0 Å². The molecule has 1 aliphatic rings. The summed E-state index contributed by atoms with van der Waals surface area (Å²) in [7, 11) is 0. The average molecular weight is 218 g/mol. The Morgan fingerprint density at radius 2 is 2.06 bits per heavy atom. The zero-order valence-electron chi connectivity index (χ0n) is 9.79. The van der Waals surface area contributed by atoms with Gasteiger partial charge in [-0.05, 0) is 44.2 Å². The Kier molecular flexibility index (Phi) is 3.60. The van der Waals surface area contributed by atoms with Crippen LogP contribution < -0.4 is 0 Å². The average Bonchev–Trinajstić information content (AvgIpc) is 2.63. The van der Waals surface area contributed by atoms with E-state index in [0.717, 1.165) is 36.2 Å². The van der Waals surface area contributed by atoms with E-state index < -0.39 is 0 Å². The minimum absolute atomic E-state index is 0.160. The summed E-state index contributed by atoms with van der Waals surface area (Å²) in [5, 5.41) is 0. The molecule has 2 rings (SSSR count). The molecule has 0 radical (unpaired) electrons. The van der Waals surface area contributed by atoms with E-state index in [1.54, 1.807) is 12.3 Å². The molecule has 2 nitrogen and oxygen atoms in total. The van der Waals surface area contributed by atoms with Gasteiger partial charge in [-0.15, -0.1) is 0 Å². The molecule has 86 valence electrons. The van der Waals surface area contributed by atoms with Gasteiger partial charge in [0, 0.05) is 0 Å². The van der Waals surface area contributed by atoms with Crippen molar-refractivity contribution in [2.75, 3.05) is 0 Å². The maximum Gasteiger partial charge on any atom is 0.192 e. The zero-order valence-corrected chi connectivity index (χ0v) is 9.79. The Balaban J connectivity index is 2.17. The highest BCUT2D eigenvalue weighted by molar-refractivity contribution is 6.09. The number of furan rings is 1. The third kappa shape index (κ3) is 2.43. The first kappa shape index (κ1) is 11.2. The fourth-order valence-corrected chi connectivity index (χ4v) is 2.19. The van der Waals surface area contributed by atoms with Crippen molar-refractivity contribution < 1.29 is 9.21 Å². The van der Waals surface area contributed by atoms with E-state index in [1.807, 2.05) is 6.92 Å². The van der Waals surface area contributed by atoms with Gasteiger partial charge >= 0.3 is 0 Å². The number of hydrogen-bond acceptors (Lipinski definition) is 2. The SMILES string of the molecule is Cc1occc1C(=O)/C1=C/CCCCCC1. The summed E-state index contributed by atoms with van der Waals surface area (Å²) in [6.07, 6.45) is 10.6. The van der Waals surface area contributed by atoms with Crippen molar-refractivity contribution in [3.05, 3.63) is 35.3 Å². The molecule has 16 heavy (non-hydrogen) atoms. The van der Waals surface area contributed by atoms with Gasteiger partial charge in [-0.25, -0.2) is 0 Å². The lowest BCUT2D eigenvalue weighted by Gasteiger charge is -2.09. The summed E-state index contributed by atoms with van der Waals surface area (Å²) in [5.41, 5.74) is 1.70. The fourth-order valence-electron chi connectivity index (χ4n) is 2.19. The summed E-state index contributed by atoms with van der Waals surface area (Å²) in [6.45, 7) is 1.84. The third-order valence-electron chi connectivity index (χ3n) is 3.19. The number of Topliss-reactive ketones (excluding diaryl/α,β-unsaturated/α-hetero) is 1. The Labute approximate surface area is 96.3 Å². The third-order valence-corrected chi connectivity index (χ3v) is 3.19. The second kappa shape index (κ2) is 5.15. The van der Waals surface area contributed by atoms with Crippen LogP contribution in [0.3, 0.4) is 0 Å². The fraction of sp³-hybridized carbons (Fsp3) is 0.500. The van der Waals surface area contributed by atoms with Gasteiger partial charge < -0.3 is 4.42 Å². The van der Waals surface area contributed by atoms with Crippen molar-refractivity contribution in [3.63, 3.8) is 0 Å². The summed E-state index contributed by atoms with van der Waals surface area (Å²) in [4.78, 5) is 12.2. The van der Waals surface area contributed by atoms with Crippen molar-refractivity contribution in [1.29, 1.82) is 0 Å². The van der Waals surface area contributed by atoms with Crippen LogP contribution in [0.1, 0.15) is 54.6 Å². The maximum absolute atomic E-state index is 12.2. The number of rotatable bonds is 2. The smallest absolute Gasteiger partial charge is 0.192 e. The van der Waals surface area contributed by atoms with Gasteiger partial charge in [0.2, 0.25) is 0 Å². The zero-order chi connectivity index (χ0) is 11.4. The molecule has 1 aromatic rings. The van der Waals surface area contributed by atoms with E-state index in [1.165, 1.54) is 19.3 Å². The molecule has 0 fully saturated rings. The van der Waals surface area contributed by atoms with E-state index in [2.05, 4.69) is 6.08 Å². The van der Waals surface area contributed by atoms with E-state index in [0.29, 0.717) is 0 Å². The Hall–Kier alpha value is -1.31. The molecule has 0 aliphatic heterocycles. The molecular weight excluding hydrogens is 200 g/mol. The summed E-state index contributed by atoms with van der Waals surface area (Å²) in [5.74, 6) is 0.890. The molecule has 0 unspecified atom stereocenters. The molecule has 0 saturated carbocycles. The van der Waals surface area contributed by atoms with Crippen LogP contribution in [0.25, 0.3) is 0 Å². The van der Waals surface area contributed by atoms with E-state index in [-0.39, 0.29) is 5.78 Å². The number of allylic oxidation sites excluding steroid dienone is 2. The molecule has 0 aromatic carbocycles. The highest BCUT2D eigenvalue weighted by Gasteiger charge is 2.16. The molecule has 0 atom stereocenters.